The molecule has 4 rings (SSSR count). The molecule has 0 aliphatic carbocycles. The molecule has 1 radical (unpaired) electrons. The summed E-state index contributed by atoms with van der Waals surface area (Å²) in [7, 11) is 0. The van der Waals surface area contributed by atoms with Crippen LogP contribution in [0.2, 0.25) is 0 Å². The van der Waals surface area contributed by atoms with Gasteiger partial charge in [0.05, 0.1) is 0 Å². The van der Waals surface area contributed by atoms with Gasteiger partial charge >= 0.3 is 0 Å². The number of rotatable bonds is 4. The lowest BCUT2D eigenvalue weighted by molar-refractivity contribution is 1.39. The van der Waals surface area contributed by atoms with E-state index in [2.05, 4.69) is 97.1 Å². The molecule has 0 heterocycles. The Bertz CT molecular complexity index is 945. The Balaban J connectivity index is 1.89. The van der Waals surface area contributed by atoms with Crippen LogP contribution < -0.4 is 0 Å². The second-order valence-corrected chi connectivity index (χ2v) is 6.85. The van der Waals surface area contributed by atoms with Crippen LogP contribution in [0.4, 0.5) is 0 Å². The maximum Gasteiger partial charge on any atom is 0.0207 e. The fourth-order valence-electron chi connectivity index (χ4n) is 2.90. The minimum absolute atomic E-state index is 1.15. The summed E-state index contributed by atoms with van der Waals surface area (Å²) in [6.45, 7) is 0. The van der Waals surface area contributed by atoms with Crippen LogP contribution in [0.5, 0.6) is 0 Å². The van der Waals surface area contributed by atoms with Crippen molar-refractivity contribution in [2.45, 2.75) is 9.79 Å². The SMILES string of the molecule is [c]1ccc(Sc2ccccc2)c(-c2ccccc2)c1-c1ccccc1. The summed E-state index contributed by atoms with van der Waals surface area (Å²) in [6, 6.07) is 39.3. The fraction of sp³-hybridized carbons (Fsp3) is 0. The summed E-state index contributed by atoms with van der Waals surface area (Å²) in [5.74, 6) is 0. The standard InChI is InChI=1S/C24H17S/c1-4-11-19(12-5-1)22-17-10-18-23(25-21-15-8-3-9-16-21)24(22)20-13-6-2-7-14-20/h1-16,18H. The van der Waals surface area contributed by atoms with Crippen molar-refractivity contribution in [1.29, 1.82) is 0 Å². The van der Waals surface area contributed by atoms with Gasteiger partial charge in [-0.05, 0) is 41.0 Å². The first-order valence-corrected chi connectivity index (χ1v) is 9.12. The van der Waals surface area contributed by atoms with Gasteiger partial charge in [0.15, 0.2) is 0 Å². The van der Waals surface area contributed by atoms with Gasteiger partial charge < -0.3 is 0 Å². The first-order valence-electron chi connectivity index (χ1n) is 8.30. The van der Waals surface area contributed by atoms with E-state index < -0.39 is 0 Å². The second-order valence-electron chi connectivity index (χ2n) is 5.74. The van der Waals surface area contributed by atoms with Crippen LogP contribution in [-0.2, 0) is 0 Å². The van der Waals surface area contributed by atoms with Crippen molar-refractivity contribution in [2.24, 2.45) is 0 Å². The number of hydrogen-bond donors (Lipinski definition) is 0. The molecule has 4 aromatic carbocycles. The highest BCUT2D eigenvalue weighted by Crippen LogP contribution is 2.41. The van der Waals surface area contributed by atoms with Crippen LogP contribution in [0, 0.1) is 6.07 Å². The van der Waals surface area contributed by atoms with Gasteiger partial charge in [0.2, 0.25) is 0 Å². The normalized spacial score (nSPS) is 10.6. The van der Waals surface area contributed by atoms with E-state index in [1.165, 1.54) is 26.5 Å². The van der Waals surface area contributed by atoms with E-state index in [1.807, 2.05) is 12.1 Å². The van der Waals surface area contributed by atoms with Crippen LogP contribution in [0.1, 0.15) is 0 Å². The highest BCUT2D eigenvalue weighted by molar-refractivity contribution is 7.99. The Labute approximate surface area is 153 Å². The Morgan fingerprint density at radius 2 is 1.12 bits per heavy atom. The van der Waals surface area contributed by atoms with Crippen LogP contribution in [0.15, 0.2) is 113 Å². The molecule has 0 spiro atoms. The molecule has 1 heteroatoms. The average molecular weight is 337 g/mol. The largest absolute Gasteiger partial charge is 0.0894 e. The predicted molar refractivity (Wildman–Crippen MR) is 107 cm³/mol. The van der Waals surface area contributed by atoms with Crippen LogP contribution >= 0.6 is 11.8 Å². The summed E-state index contributed by atoms with van der Waals surface area (Å²) < 4.78 is 0. The summed E-state index contributed by atoms with van der Waals surface area (Å²) in [6.07, 6.45) is 0. The fourth-order valence-corrected chi connectivity index (χ4v) is 3.91. The predicted octanol–water partition coefficient (Wildman–Crippen LogP) is 6.97. The minimum atomic E-state index is 1.15. The lowest BCUT2D eigenvalue weighted by atomic mass is 9.94. The van der Waals surface area contributed by atoms with Gasteiger partial charge in [0, 0.05) is 15.4 Å². The number of benzene rings is 4. The zero-order chi connectivity index (χ0) is 16.9. The molecule has 0 saturated heterocycles. The van der Waals surface area contributed by atoms with Gasteiger partial charge in [-0.2, -0.15) is 0 Å². The van der Waals surface area contributed by atoms with Crippen LogP contribution in [-0.4, -0.2) is 0 Å². The maximum absolute atomic E-state index is 3.46. The third kappa shape index (κ3) is 3.52. The molecule has 0 fully saturated rings. The van der Waals surface area contributed by atoms with E-state index in [1.54, 1.807) is 11.8 Å². The van der Waals surface area contributed by atoms with E-state index in [-0.39, 0.29) is 0 Å². The van der Waals surface area contributed by atoms with Crippen molar-refractivity contribution >= 4 is 11.8 Å². The maximum atomic E-state index is 3.46. The monoisotopic (exact) mass is 337 g/mol. The van der Waals surface area contributed by atoms with E-state index >= 15 is 0 Å². The second kappa shape index (κ2) is 7.42. The third-order valence-corrected chi connectivity index (χ3v) is 5.12. The lowest BCUT2D eigenvalue weighted by Crippen LogP contribution is -1.89. The van der Waals surface area contributed by atoms with E-state index in [9.17, 15) is 0 Å². The molecule has 0 aliphatic heterocycles. The quantitative estimate of drug-likeness (QED) is 0.387. The van der Waals surface area contributed by atoms with Crippen molar-refractivity contribution in [1.82, 2.24) is 0 Å². The summed E-state index contributed by atoms with van der Waals surface area (Å²) >= 11 is 1.80. The minimum Gasteiger partial charge on any atom is -0.0894 e. The average Bonchev–Trinajstić information content (AvgIpc) is 2.70. The van der Waals surface area contributed by atoms with Crippen LogP contribution in [0.25, 0.3) is 22.3 Å². The van der Waals surface area contributed by atoms with Gasteiger partial charge in [-0.1, -0.05) is 96.7 Å². The molecular formula is C24H17S. The third-order valence-electron chi connectivity index (χ3n) is 4.05. The Kier molecular flexibility index (Phi) is 4.67. The molecule has 0 nitrogen and oxygen atoms in total. The summed E-state index contributed by atoms with van der Waals surface area (Å²) in [5, 5.41) is 0. The number of hydrogen-bond acceptors (Lipinski definition) is 1. The molecule has 0 amide bonds. The van der Waals surface area contributed by atoms with Gasteiger partial charge in [0.1, 0.15) is 0 Å². The molecule has 0 saturated carbocycles. The molecule has 0 bridgehead atoms. The molecular weight excluding hydrogens is 320 g/mol. The van der Waals surface area contributed by atoms with Gasteiger partial charge in [-0.25, -0.2) is 0 Å². The highest BCUT2D eigenvalue weighted by atomic mass is 32.2. The van der Waals surface area contributed by atoms with E-state index in [4.69, 9.17) is 0 Å². The van der Waals surface area contributed by atoms with Gasteiger partial charge in [-0.3, -0.25) is 0 Å². The molecule has 0 N–H and O–H groups in total. The Hall–Kier alpha value is -2.77. The molecule has 0 aromatic heterocycles. The summed E-state index contributed by atoms with van der Waals surface area (Å²) in [5.41, 5.74) is 4.80. The molecule has 25 heavy (non-hydrogen) atoms. The van der Waals surface area contributed by atoms with Crippen molar-refractivity contribution in [2.75, 3.05) is 0 Å². The van der Waals surface area contributed by atoms with E-state index in [0.29, 0.717) is 0 Å². The molecule has 0 atom stereocenters. The van der Waals surface area contributed by atoms with Crippen molar-refractivity contribution in [3.05, 3.63) is 109 Å². The lowest BCUT2D eigenvalue weighted by Gasteiger charge is -2.15. The topological polar surface area (TPSA) is 0 Å². The highest BCUT2D eigenvalue weighted by Gasteiger charge is 2.13. The molecule has 0 aliphatic rings. The zero-order valence-electron chi connectivity index (χ0n) is 13.7. The summed E-state index contributed by atoms with van der Waals surface area (Å²) in [4.78, 5) is 2.49. The van der Waals surface area contributed by atoms with Crippen molar-refractivity contribution in [3.8, 4) is 22.3 Å². The Morgan fingerprint density at radius 1 is 0.560 bits per heavy atom. The molecule has 119 valence electrons. The smallest absolute Gasteiger partial charge is 0.0207 e. The van der Waals surface area contributed by atoms with Crippen molar-refractivity contribution < 1.29 is 0 Å². The molecule has 0 unspecified atom stereocenters. The zero-order valence-corrected chi connectivity index (χ0v) is 14.5. The van der Waals surface area contributed by atoms with Gasteiger partial charge in [0.25, 0.3) is 0 Å². The van der Waals surface area contributed by atoms with Crippen molar-refractivity contribution in [3.63, 3.8) is 0 Å². The Morgan fingerprint density at radius 3 is 1.76 bits per heavy atom. The first kappa shape index (κ1) is 15.7. The van der Waals surface area contributed by atoms with Gasteiger partial charge in [-0.15, -0.1) is 0 Å². The first-order chi connectivity index (χ1) is 12.4. The van der Waals surface area contributed by atoms with E-state index in [0.717, 1.165) is 5.56 Å². The van der Waals surface area contributed by atoms with Crippen LogP contribution in [0.3, 0.4) is 0 Å². The molecule has 4 aromatic rings.